The summed E-state index contributed by atoms with van der Waals surface area (Å²) in [6, 6.07) is 6.47. The fourth-order valence-electron chi connectivity index (χ4n) is 2.80. The summed E-state index contributed by atoms with van der Waals surface area (Å²) >= 11 is 8.41. The molecule has 3 aromatic heterocycles. The van der Waals surface area contributed by atoms with Crippen molar-refractivity contribution < 1.29 is 0 Å². The normalized spacial score (nSPS) is 12.3. The molecule has 0 unspecified atom stereocenters. The number of nitrogens with one attached hydrogen (secondary N) is 1. The van der Waals surface area contributed by atoms with Gasteiger partial charge in [0.05, 0.1) is 11.6 Å². The molecule has 4 rings (SSSR count). The molecule has 0 fully saturated rings. The molecule has 1 atom stereocenters. The van der Waals surface area contributed by atoms with Crippen molar-refractivity contribution in [2.24, 2.45) is 7.05 Å². The molecule has 28 heavy (non-hydrogen) atoms. The lowest BCUT2D eigenvalue weighted by atomic mass is 10.2. The third-order valence-corrected chi connectivity index (χ3v) is 5.18. The minimum Gasteiger partial charge on any atom is -0.360 e. The predicted octanol–water partition coefficient (Wildman–Crippen LogP) is 2.74. The van der Waals surface area contributed by atoms with Crippen molar-refractivity contribution in [3.05, 3.63) is 61.7 Å². The van der Waals surface area contributed by atoms with Crippen LogP contribution in [-0.4, -0.2) is 34.5 Å². The van der Waals surface area contributed by atoms with E-state index in [2.05, 4.69) is 53.1 Å². The quantitative estimate of drug-likeness (QED) is 0.423. The second-order valence-electron chi connectivity index (χ2n) is 6.06. The minimum absolute atomic E-state index is 0.199. The Labute approximate surface area is 177 Å². The number of halogens is 2. The smallest absolute Gasteiger partial charge is 0.266 e. The van der Waals surface area contributed by atoms with Crippen molar-refractivity contribution >= 4 is 50.9 Å². The van der Waals surface area contributed by atoms with Crippen LogP contribution in [0.25, 0.3) is 16.7 Å². The van der Waals surface area contributed by atoms with Crippen molar-refractivity contribution in [3.8, 4) is 5.82 Å². The summed E-state index contributed by atoms with van der Waals surface area (Å²) < 4.78 is 3.77. The third kappa shape index (κ3) is 3.44. The number of aryl methyl sites for hydroxylation is 1. The Morgan fingerprint density at radius 1 is 1.18 bits per heavy atom. The molecule has 0 aliphatic rings. The number of hydrogen-bond acceptors (Lipinski definition) is 7. The first-order valence-electron chi connectivity index (χ1n) is 8.25. The van der Waals surface area contributed by atoms with Crippen LogP contribution in [0.2, 0.25) is 5.02 Å². The second-order valence-corrected chi connectivity index (χ2v) is 7.65. The highest BCUT2D eigenvalue weighted by molar-refractivity contribution is 14.1. The largest absolute Gasteiger partial charge is 0.360 e. The Hall–Kier alpha value is -2.60. The molecule has 0 spiro atoms. The molecule has 4 aromatic rings. The lowest BCUT2D eigenvalue weighted by Gasteiger charge is -2.16. The zero-order valence-electron chi connectivity index (χ0n) is 14.8. The van der Waals surface area contributed by atoms with Gasteiger partial charge in [-0.15, -0.1) is 5.10 Å². The average molecular weight is 509 g/mol. The van der Waals surface area contributed by atoms with Gasteiger partial charge in [0.25, 0.3) is 5.56 Å². The summed E-state index contributed by atoms with van der Waals surface area (Å²) in [5, 5.41) is 13.2. The molecule has 1 N–H and O–H groups in total. The van der Waals surface area contributed by atoms with Gasteiger partial charge in [0.15, 0.2) is 11.6 Å². The van der Waals surface area contributed by atoms with Crippen molar-refractivity contribution in [2.75, 3.05) is 5.32 Å². The Morgan fingerprint density at radius 2 is 2.00 bits per heavy atom. The van der Waals surface area contributed by atoms with Gasteiger partial charge in [-0.05, 0) is 47.7 Å². The fraction of sp³-hybridized carbons (Fsp3) is 0.176. The Balaban J connectivity index is 1.72. The first-order valence-corrected chi connectivity index (χ1v) is 9.70. The van der Waals surface area contributed by atoms with E-state index in [4.69, 9.17) is 11.6 Å². The SMILES string of the molecule is C[C@H](Nc1ncnc2c(I)cc(Cl)cc12)c1ncnn1-c1ccc(=O)n(C)n1. The standard InChI is InChI=1S/C17H14ClIN8O/c1-9(17-22-8-23-27(17)13-3-4-14(28)26(2)25-13)24-16-11-5-10(18)6-12(19)15(11)20-7-21-16/h3-9H,1-2H3,(H,20,21,24)/t9-/m0/s1. The number of benzene rings is 1. The van der Waals surface area contributed by atoms with Gasteiger partial charge in [-0.25, -0.2) is 19.6 Å². The average Bonchev–Trinajstić information content (AvgIpc) is 3.14. The first kappa shape index (κ1) is 18.7. The number of hydrogen-bond donors (Lipinski definition) is 1. The molecular weight excluding hydrogens is 495 g/mol. The highest BCUT2D eigenvalue weighted by Gasteiger charge is 2.18. The highest BCUT2D eigenvalue weighted by Crippen LogP contribution is 2.29. The van der Waals surface area contributed by atoms with Gasteiger partial charge >= 0.3 is 0 Å². The van der Waals surface area contributed by atoms with Gasteiger partial charge in [-0.2, -0.15) is 9.78 Å². The maximum absolute atomic E-state index is 11.6. The van der Waals surface area contributed by atoms with Crippen molar-refractivity contribution in [1.29, 1.82) is 0 Å². The Morgan fingerprint density at radius 3 is 2.79 bits per heavy atom. The molecule has 1 aromatic carbocycles. The molecular formula is C17H14ClIN8O. The summed E-state index contributed by atoms with van der Waals surface area (Å²) in [5.41, 5.74) is 0.617. The van der Waals surface area contributed by atoms with Gasteiger partial charge in [-0.3, -0.25) is 4.79 Å². The molecule has 0 saturated carbocycles. The van der Waals surface area contributed by atoms with Crippen LogP contribution in [0.3, 0.4) is 0 Å². The van der Waals surface area contributed by atoms with Crippen LogP contribution < -0.4 is 10.9 Å². The van der Waals surface area contributed by atoms with Gasteiger partial charge in [-0.1, -0.05) is 11.6 Å². The maximum atomic E-state index is 11.6. The van der Waals surface area contributed by atoms with E-state index >= 15 is 0 Å². The van der Waals surface area contributed by atoms with Crippen LogP contribution in [0.1, 0.15) is 18.8 Å². The van der Waals surface area contributed by atoms with Crippen LogP contribution in [0.15, 0.2) is 41.7 Å². The number of fused-ring (bicyclic) bond motifs is 1. The summed E-state index contributed by atoms with van der Waals surface area (Å²) in [4.78, 5) is 24.7. The maximum Gasteiger partial charge on any atom is 0.266 e. The lowest BCUT2D eigenvalue weighted by Crippen LogP contribution is -2.22. The van der Waals surface area contributed by atoms with Gasteiger partial charge in [0.2, 0.25) is 0 Å². The van der Waals surface area contributed by atoms with Gasteiger partial charge < -0.3 is 5.32 Å². The molecule has 3 heterocycles. The van der Waals surface area contributed by atoms with Crippen LogP contribution in [0.5, 0.6) is 0 Å². The first-order chi connectivity index (χ1) is 13.4. The number of anilines is 1. The molecule has 0 bridgehead atoms. The van der Waals surface area contributed by atoms with Crippen LogP contribution >= 0.6 is 34.2 Å². The Kier molecular flexibility index (Phi) is 4.98. The molecule has 11 heteroatoms. The van der Waals surface area contributed by atoms with Gasteiger partial charge in [0, 0.05) is 27.1 Å². The predicted molar refractivity (Wildman–Crippen MR) is 114 cm³/mol. The number of rotatable bonds is 4. The summed E-state index contributed by atoms with van der Waals surface area (Å²) in [7, 11) is 1.59. The second kappa shape index (κ2) is 7.43. The van der Waals surface area contributed by atoms with Crippen molar-refractivity contribution in [2.45, 2.75) is 13.0 Å². The molecule has 0 aliphatic carbocycles. The van der Waals surface area contributed by atoms with E-state index in [0.717, 1.165) is 14.5 Å². The summed E-state index contributed by atoms with van der Waals surface area (Å²) in [6.07, 6.45) is 2.95. The number of nitrogens with zero attached hydrogens (tertiary/aromatic N) is 7. The molecule has 0 saturated heterocycles. The van der Waals surface area contributed by atoms with E-state index in [1.54, 1.807) is 17.8 Å². The summed E-state index contributed by atoms with van der Waals surface area (Å²) in [5.74, 6) is 1.75. The monoisotopic (exact) mass is 508 g/mol. The van der Waals surface area contributed by atoms with E-state index in [9.17, 15) is 4.79 Å². The minimum atomic E-state index is -0.253. The van der Waals surface area contributed by atoms with E-state index in [1.165, 1.54) is 23.4 Å². The van der Waals surface area contributed by atoms with Crippen LogP contribution in [0.4, 0.5) is 5.82 Å². The number of aromatic nitrogens is 7. The lowest BCUT2D eigenvalue weighted by molar-refractivity contribution is 0.646. The molecule has 142 valence electrons. The topological polar surface area (TPSA) is 103 Å². The van der Waals surface area contributed by atoms with Crippen molar-refractivity contribution in [1.82, 2.24) is 34.5 Å². The van der Waals surface area contributed by atoms with Gasteiger partial charge in [0.1, 0.15) is 18.5 Å². The zero-order chi connectivity index (χ0) is 19.8. The fourth-order valence-corrected chi connectivity index (χ4v) is 3.97. The van der Waals surface area contributed by atoms with Crippen LogP contribution in [0, 0.1) is 3.57 Å². The third-order valence-electron chi connectivity index (χ3n) is 4.14. The van der Waals surface area contributed by atoms with Crippen molar-refractivity contribution in [3.63, 3.8) is 0 Å². The molecule has 9 nitrogen and oxygen atoms in total. The molecule has 0 aliphatic heterocycles. The molecule has 0 radical (unpaired) electrons. The van der Waals surface area contributed by atoms with E-state index in [1.807, 2.05) is 19.1 Å². The zero-order valence-corrected chi connectivity index (χ0v) is 17.7. The highest BCUT2D eigenvalue weighted by atomic mass is 127. The van der Waals surface area contributed by atoms with E-state index < -0.39 is 0 Å². The van der Waals surface area contributed by atoms with Crippen LogP contribution in [-0.2, 0) is 7.05 Å². The van der Waals surface area contributed by atoms with E-state index in [0.29, 0.717) is 22.5 Å². The summed E-state index contributed by atoms with van der Waals surface area (Å²) in [6.45, 7) is 1.94. The Bertz CT molecular complexity index is 1240. The molecule has 0 amide bonds. The van der Waals surface area contributed by atoms with E-state index in [-0.39, 0.29) is 11.6 Å².